The van der Waals surface area contributed by atoms with Gasteiger partial charge in [0.25, 0.3) is 5.60 Å². The van der Waals surface area contributed by atoms with E-state index in [0.717, 1.165) is 31.2 Å². The van der Waals surface area contributed by atoms with E-state index in [4.69, 9.17) is 14.2 Å². The maximum absolute atomic E-state index is 14.5. The summed E-state index contributed by atoms with van der Waals surface area (Å²) in [6, 6.07) is 10.6. The monoisotopic (exact) mass is 535 g/mol. The molecule has 1 fully saturated rings. The molecule has 0 spiro atoms. The molecule has 0 aromatic heterocycles. The zero-order valence-corrected chi connectivity index (χ0v) is 22.3. The molecule has 4 atom stereocenters. The summed E-state index contributed by atoms with van der Waals surface area (Å²) in [6.07, 6.45) is -3.92. The van der Waals surface area contributed by atoms with Crippen molar-refractivity contribution in [2.24, 2.45) is 11.8 Å². The average Bonchev–Trinajstić information content (AvgIpc) is 2.88. The number of fused-ring (bicyclic) bond motifs is 3. The van der Waals surface area contributed by atoms with Crippen LogP contribution in [0.25, 0.3) is 0 Å². The lowest BCUT2D eigenvalue weighted by molar-refractivity contribution is -0.280. The molecule has 6 nitrogen and oxygen atoms in total. The van der Waals surface area contributed by atoms with Gasteiger partial charge in [-0.2, -0.15) is 13.2 Å². The van der Waals surface area contributed by atoms with Crippen LogP contribution in [0.3, 0.4) is 0 Å². The normalized spacial score (nSPS) is 23.3. The van der Waals surface area contributed by atoms with E-state index in [1.54, 1.807) is 13.2 Å². The van der Waals surface area contributed by atoms with Crippen molar-refractivity contribution in [2.75, 3.05) is 27.3 Å². The first-order chi connectivity index (χ1) is 18.0. The van der Waals surface area contributed by atoms with Crippen LogP contribution in [0, 0.1) is 11.8 Å². The van der Waals surface area contributed by atoms with Gasteiger partial charge in [0.2, 0.25) is 0 Å². The first kappa shape index (κ1) is 28.4. The topological polar surface area (TPSA) is 68.2 Å². The van der Waals surface area contributed by atoms with Gasteiger partial charge in [-0.15, -0.1) is 0 Å². The van der Waals surface area contributed by atoms with Crippen LogP contribution >= 0.6 is 0 Å². The number of methoxy groups -OCH3 is 2. The molecular weight excluding hydrogens is 499 g/mol. The standard InChI is InChI=1S/C29H36F3NO5/c1-18(2)12-20-16-33-11-10-19-14-25(36-3)21(17-34)13-23(19)24(33)15-26(20)38-27(35)28(37-4,29(30,31)32)22-8-6-5-7-9-22/h5-9,13-14,18,20,24,26,34H,10-12,15-17H2,1-4H3/t20-,24+,26+,28-/m0/s1. The van der Waals surface area contributed by atoms with Crippen LogP contribution in [-0.2, 0) is 32.9 Å². The number of benzene rings is 2. The lowest BCUT2D eigenvalue weighted by Gasteiger charge is -2.48. The van der Waals surface area contributed by atoms with Crippen molar-refractivity contribution < 1.29 is 37.3 Å². The van der Waals surface area contributed by atoms with Crippen LogP contribution in [0.4, 0.5) is 13.2 Å². The molecule has 0 amide bonds. The second-order valence-electron chi connectivity index (χ2n) is 10.6. The number of aliphatic hydroxyl groups is 1. The van der Waals surface area contributed by atoms with Crippen molar-refractivity contribution in [3.05, 3.63) is 64.7 Å². The Hall–Kier alpha value is -2.62. The SMILES string of the molecule is COc1cc2c(cc1CO)[C@H]1C[C@@H](OC(=O)[C@@](OC)(c3ccccc3)C(F)(F)F)[C@@H](CC(C)C)CN1CC2. The number of carbonyl (C=O) groups is 1. The predicted octanol–water partition coefficient (Wildman–Crippen LogP) is 5.17. The fourth-order valence-electron chi connectivity index (χ4n) is 6.05. The number of nitrogens with zero attached hydrogens (tertiary/aromatic N) is 1. The lowest BCUT2D eigenvalue weighted by atomic mass is 9.78. The number of hydrogen-bond acceptors (Lipinski definition) is 6. The summed E-state index contributed by atoms with van der Waals surface area (Å²) >= 11 is 0. The number of hydrogen-bond donors (Lipinski definition) is 1. The fourth-order valence-corrected chi connectivity index (χ4v) is 6.05. The largest absolute Gasteiger partial charge is 0.496 e. The van der Waals surface area contributed by atoms with Gasteiger partial charge in [-0.25, -0.2) is 4.79 Å². The van der Waals surface area contributed by atoms with Crippen LogP contribution in [0.2, 0.25) is 0 Å². The maximum atomic E-state index is 14.5. The van der Waals surface area contributed by atoms with Gasteiger partial charge in [-0.1, -0.05) is 44.2 Å². The molecule has 2 aliphatic heterocycles. The summed E-state index contributed by atoms with van der Waals surface area (Å²) in [5.41, 5.74) is -0.845. The maximum Gasteiger partial charge on any atom is 0.432 e. The number of aliphatic hydroxyl groups excluding tert-OH is 1. The van der Waals surface area contributed by atoms with Crippen LogP contribution < -0.4 is 4.74 Å². The second kappa shape index (κ2) is 11.2. The van der Waals surface area contributed by atoms with Crippen molar-refractivity contribution in [2.45, 2.75) is 63.6 Å². The van der Waals surface area contributed by atoms with Crippen molar-refractivity contribution >= 4 is 5.97 Å². The van der Waals surface area contributed by atoms with Crippen LogP contribution in [0.1, 0.15) is 55.0 Å². The smallest absolute Gasteiger partial charge is 0.432 e. The van der Waals surface area contributed by atoms with Crippen molar-refractivity contribution in [1.29, 1.82) is 0 Å². The number of carbonyl (C=O) groups excluding carboxylic acids is 1. The molecule has 0 bridgehead atoms. The molecule has 38 heavy (non-hydrogen) atoms. The van der Waals surface area contributed by atoms with Crippen molar-refractivity contribution in [3.63, 3.8) is 0 Å². The minimum Gasteiger partial charge on any atom is -0.496 e. The molecular formula is C29H36F3NO5. The van der Waals surface area contributed by atoms with Crippen LogP contribution in [0.5, 0.6) is 5.75 Å². The van der Waals surface area contributed by atoms with E-state index in [9.17, 15) is 23.1 Å². The highest BCUT2D eigenvalue weighted by molar-refractivity contribution is 5.83. The molecule has 2 aliphatic rings. The molecule has 1 N–H and O–H groups in total. The van der Waals surface area contributed by atoms with Gasteiger partial charge in [-0.3, -0.25) is 4.90 Å². The summed E-state index contributed by atoms with van der Waals surface area (Å²) in [6.45, 7) is 5.28. The van der Waals surface area contributed by atoms with E-state index in [-0.39, 0.29) is 30.0 Å². The predicted molar refractivity (Wildman–Crippen MR) is 136 cm³/mol. The van der Waals surface area contributed by atoms with Gasteiger partial charge in [0.15, 0.2) is 0 Å². The Morgan fingerprint density at radius 2 is 1.87 bits per heavy atom. The van der Waals surface area contributed by atoms with Gasteiger partial charge in [0, 0.05) is 49.7 Å². The van der Waals surface area contributed by atoms with Crippen LogP contribution in [-0.4, -0.2) is 55.6 Å². The van der Waals surface area contributed by atoms with Gasteiger partial charge < -0.3 is 19.3 Å². The minimum atomic E-state index is -5.03. The zero-order valence-electron chi connectivity index (χ0n) is 22.3. The molecule has 2 aromatic rings. The average molecular weight is 536 g/mol. The number of rotatable bonds is 8. The van der Waals surface area contributed by atoms with E-state index in [1.165, 1.54) is 24.3 Å². The number of esters is 1. The minimum absolute atomic E-state index is 0.133. The third kappa shape index (κ3) is 5.16. The Morgan fingerprint density at radius 3 is 2.45 bits per heavy atom. The summed E-state index contributed by atoms with van der Waals surface area (Å²) < 4.78 is 59.8. The Labute approximate surface area is 221 Å². The highest BCUT2D eigenvalue weighted by Gasteiger charge is 2.64. The number of alkyl halides is 3. The lowest BCUT2D eigenvalue weighted by Crippen LogP contribution is -2.55. The molecule has 0 radical (unpaired) electrons. The van der Waals surface area contributed by atoms with Gasteiger partial charge in [0.1, 0.15) is 11.9 Å². The first-order valence-corrected chi connectivity index (χ1v) is 13.0. The Bertz CT molecular complexity index is 1120. The summed E-state index contributed by atoms with van der Waals surface area (Å²) in [5.74, 6) is -0.711. The fraction of sp³-hybridized carbons (Fsp3) is 0.552. The summed E-state index contributed by atoms with van der Waals surface area (Å²) in [4.78, 5) is 15.8. The molecule has 2 heterocycles. The van der Waals surface area contributed by atoms with Gasteiger partial charge in [0.05, 0.1) is 13.7 Å². The van der Waals surface area contributed by atoms with E-state index in [0.29, 0.717) is 30.7 Å². The van der Waals surface area contributed by atoms with E-state index < -0.39 is 23.9 Å². The molecule has 208 valence electrons. The zero-order chi connectivity index (χ0) is 27.7. The van der Waals surface area contributed by atoms with Crippen molar-refractivity contribution in [1.82, 2.24) is 4.90 Å². The molecule has 0 aliphatic carbocycles. The van der Waals surface area contributed by atoms with Gasteiger partial charge in [-0.05, 0) is 42.0 Å². The summed E-state index contributed by atoms with van der Waals surface area (Å²) in [5, 5.41) is 9.88. The van der Waals surface area contributed by atoms with E-state index in [2.05, 4.69) is 18.7 Å². The Morgan fingerprint density at radius 1 is 1.16 bits per heavy atom. The summed E-state index contributed by atoms with van der Waals surface area (Å²) in [7, 11) is 2.44. The molecule has 9 heteroatoms. The second-order valence-corrected chi connectivity index (χ2v) is 10.6. The molecule has 0 saturated carbocycles. The Balaban J connectivity index is 1.70. The third-order valence-electron chi connectivity index (χ3n) is 7.84. The number of ether oxygens (including phenoxy) is 3. The molecule has 4 rings (SSSR count). The quantitative estimate of drug-likeness (QED) is 0.471. The highest BCUT2D eigenvalue weighted by atomic mass is 19.4. The van der Waals surface area contributed by atoms with Crippen LogP contribution in [0.15, 0.2) is 42.5 Å². The van der Waals surface area contributed by atoms with Crippen molar-refractivity contribution in [3.8, 4) is 5.75 Å². The molecule has 2 aromatic carbocycles. The van der Waals surface area contributed by atoms with E-state index in [1.807, 2.05) is 12.1 Å². The third-order valence-corrected chi connectivity index (χ3v) is 7.84. The first-order valence-electron chi connectivity index (χ1n) is 13.0. The number of piperidine rings is 1. The highest BCUT2D eigenvalue weighted by Crippen LogP contribution is 2.46. The van der Waals surface area contributed by atoms with E-state index >= 15 is 0 Å². The molecule has 0 unspecified atom stereocenters. The van der Waals surface area contributed by atoms with Gasteiger partial charge >= 0.3 is 12.1 Å². The Kier molecular flexibility index (Phi) is 8.40. The number of halogens is 3. The molecule has 1 saturated heterocycles.